The van der Waals surface area contributed by atoms with Gasteiger partial charge < -0.3 is 10.2 Å². The van der Waals surface area contributed by atoms with E-state index in [2.05, 4.69) is 72.2 Å². The molecule has 164 valence electrons. The zero-order valence-corrected chi connectivity index (χ0v) is 18.5. The molecule has 2 aliphatic rings. The summed E-state index contributed by atoms with van der Waals surface area (Å²) in [5.74, 6) is 1.22. The molecule has 2 fully saturated rings. The number of piperidine rings is 2. The van der Waals surface area contributed by atoms with E-state index in [9.17, 15) is 10.2 Å². The summed E-state index contributed by atoms with van der Waals surface area (Å²) in [6.45, 7) is 10.2. The third kappa shape index (κ3) is 7.84. The van der Waals surface area contributed by atoms with Gasteiger partial charge in [0.15, 0.2) is 0 Å². The molecule has 4 rings (SSSR count). The number of rotatable bonds is 4. The van der Waals surface area contributed by atoms with Gasteiger partial charge in [0.25, 0.3) is 0 Å². The minimum Gasteiger partial charge on any atom is -0.392 e. The van der Waals surface area contributed by atoms with E-state index in [1.807, 2.05) is 12.1 Å². The Hall–Kier alpha value is -1.72. The number of hydrogen-bond donors (Lipinski definition) is 2. The molecule has 0 amide bonds. The first kappa shape index (κ1) is 23.0. The number of likely N-dealkylation sites (tertiary alicyclic amines) is 2. The van der Waals surface area contributed by atoms with Gasteiger partial charge in [0.1, 0.15) is 0 Å². The average molecular weight is 411 g/mol. The Morgan fingerprint density at radius 3 is 1.33 bits per heavy atom. The van der Waals surface area contributed by atoms with E-state index >= 15 is 0 Å². The summed E-state index contributed by atoms with van der Waals surface area (Å²) in [6.07, 6.45) is 1.62. The first-order valence-corrected chi connectivity index (χ1v) is 11.4. The summed E-state index contributed by atoms with van der Waals surface area (Å²) in [5.41, 5.74) is 2.66. The summed E-state index contributed by atoms with van der Waals surface area (Å²) >= 11 is 0. The van der Waals surface area contributed by atoms with E-state index in [0.29, 0.717) is 11.8 Å². The third-order valence-electron chi connectivity index (χ3n) is 5.92. The largest absolute Gasteiger partial charge is 0.392 e. The third-order valence-corrected chi connectivity index (χ3v) is 5.92. The fourth-order valence-corrected chi connectivity index (χ4v) is 4.80. The molecule has 4 atom stereocenters. The molecule has 2 aromatic rings. The second-order valence-corrected chi connectivity index (χ2v) is 9.35. The van der Waals surface area contributed by atoms with E-state index in [4.69, 9.17) is 0 Å². The predicted octanol–water partition coefficient (Wildman–Crippen LogP) is 3.78. The number of aliphatic hydroxyl groups is 2. The van der Waals surface area contributed by atoms with Crippen LogP contribution in [0.1, 0.15) is 37.8 Å². The number of β-amino-alcohol motifs (C(OH)–C–C–N with tert-alkyl or cyclic N) is 2. The van der Waals surface area contributed by atoms with Crippen molar-refractivity contribution in [3.8, 4) is 0 Å². The van der Waals surface area contributed by atoms with E-state index < -0.39 is 0 Å². The van der Waals surface area contributed by atoms with Crippen LogP contribution in [-0.4, -0.2) is 58.4 Å². The minimum atomic E-state index is -0.141. The van der Waals surface area contributed by atoms with Gasteiger partial charge in [0.05, 0.1) is 12.2 Å². The van der Waals surface area contributed by atoms with E-state index in [1.165, 1.54) is 11.1 Å². The van der Waals surface area contributed by atoms with Gasteiger partial charge in [-0.05, 0) is 35.8 Å². The normalized spacial score (nSPS) is 27.9. The van der Waals surface area contributed by atoms with E-state index in [-0.39, 0.29) is 12.2 Å². The van der Waals surface area contributed by atoms with E-state index in [1.54, 1.807) is 0 Å². The van der Waals surface area contributed by atoms with Gasteiger partial charge >= 0.3 is 0 Å². The Morgan fingerprint density at radius 2 is 1.00 bits per heavy atom. The van der Waals surface area contributed by atoms with Gasteiger partial charge in [-0.25, -0.2) is 0 Å². The molecule has 2 aromatic carbocycles. The van der Waals surface area contributed by atoms with Gasteiger partial charge in [0, 0.05) is 39.3 Å². The monoisotopic (exact) mass is 410 g/mol. The Morgan fingerprint density at radius 1 is 0.633 bits per heavy atom. The first-order valence-electron chi connectivity index (χ1n) is 11.4. The van der Waals surface area contributed by atoms with Crippen molar-refractivity contribution in [1.29, 1.82) is 0 Å². The van der Waals surface area contributed by atoms with Crippen molar-refractivity contribution in [3.05, 3.63) is 71.8 Å². The molecule has 0 bridgehead atoms. The molecular weight excluding hydrogens is 372 g/mol. The highest BCUT2D eigenvalue weighted by Crippen LogP contribution is 2.19. The summed E-state index contributed by atoms with van der Waals surface area (Å²) in [4.78, 5) is 4.68. The van der Waals surface area contributed by atoms with Gasteiger partial charge in [-0.3, -0.25) is 9.80 Å². The molecule has 0 unspecified atom stereocenters. The van der Waals surface area contributed by atoms with Crippen LogP contribution in [0.3, 0.4) is 0 Å². The fraction of sp³-hybridized carbons (Fsp3) is 0.538. The molecule has 2 saturated heterocycles. The standard InChI is InChI=1S/2C13H19NO/c2*1-11-7-13(15)10-14(8-11)9-12-5-3-2-4-6-12/h2*2-6,11,13,15H,7-10H2,1H3/t2*11-,13+/m10/s1. The van der Waals surface area contributed by atoms with Gasteiger partial charge in [-0.15, -0.1) is 0 Å². The van der Waals surface area contributed by atoms with Crippen LogP contribution in [0.4, 0.5) is 0 Å². The molecule has 0 aromatic heterocycles. The molecule has 4 nitrogen and oxygen atoms in total. The molecule has 0 radical (unpaired) electrons. The maximum absolute atomic E-state index is 9.69. The molecular formula is C26H38N2O2. The summed E-state index contributed by atoms with van der Waals surface area (Å²) in [5, 5.41) is 19.4. The molecule has 30 heavy (non-hydrogen) atoms. The Bertz CT molecular complexity index is 641. The summed E-state index contributed by atoms with van der Waals surface area (Å²) in [7, 11) is 0. The SMILES string of the molecule is C[C@@H]1C[C@H](O)CN(Cc2ccccc2)C1.C[C@H]1C[C@@H](O)CN(Cc2ccccc2)C1. The minimum absolute atomic E-state index is 0.141. The maximum Gasteiger partial charge on any atom is 0.0670 e. The highest BCUT2D eigenvalue weighted by molar-refractivity contribution is 5.15. The first-order chi connectivity index (χ1) is 14.5. The lowest BCUT2D eigenvalue weighted by Crippen LogP contribution is -2.41. The highest BCUT2D eigenvalue weighted by Gasteiger charge is 2.23. The number of nitrogens with zero attached hydrogens (tertiary/aromatic N) is 2. The molecule has 2 aliphatic heterocycles. The van der Waals surface area contributed by atoms with Crippen LogP contribution in [0.5, 0.6) is 0 Å². The fourth-order valence-electron chi connectivity index (χ4n) is 4.80. The van der Waals surface area contributed by atoms with Gasteiger partial charge in [0.2, 0.25) is 0 Å². The topological polar surface area (TPSA) is 46.9 Å². The molecule has 2 heterocycles. The summed E-state index contributed by atoms with van der Waals surface area (Å²) < 4.78 is 0. The van der Waals surface area contributed by atoms with Crippen LogP contribution in [0.2, 0.25) is 0 Å². The molecule has 0 spiro atoms. The smallest absolute Gasteiger partial charge is 0.0670 e. The van der Waals surface area contributed by atoms with Crippen molar-refractivity contribution in [2.75, 3.05) is 26.2 Å². The zero-order chi connectivity index (χ0) is 21.3. The van der Waals surface area contributed by atoms with Crippen LogP contribution in [0.25, 0.3) is 0 Å². The maximum atomic E-state index is 9.69. The second kappa shape index (κ2) is 11.6. The Labute approximate surface area is 182 Å². The average Bonchev–Trinajstić information content (AvgIpc) is 2.68. The van der Waals surface area contributed by atoms with Crippen molar-refractivity contribution in [3.63, 3.8) is 0 Å². The number of aliphatic hydroxyl groups excluding tert-OH is 2. The molecule has 0 aliphatic carbocycles. The molecule has 4 heteroatoms. The zero-order valence-electron chi connectivity index (χ0n) is 18.5. The van der Waals surface area contributed by atoms with Crippen molar-refractivity contribution in [2.45, 2.75) is 52.0 Å². The van der Waals surface area contributed by atoms with Crippen molar-refractivity contribution in [1.82, 2.24) is 9.80 Å². The Balaban J connectivity index is 0.000000171. The number of hydrogen-bond acceptors (Lipinski definition) is 4. The second-order valence-electron chi connectivity index (χ2n) is 9.35. The lowest BCUT2D eigenvalue weighted by Gasteiger charge is -2.34. The lowest BCUT2D eigenvalue weighted by atomic mass is 9.97. The molecule has 0 saturated carbocycles. The van der Waals surface area contributed by atoms with Crippen LogP contribution in [-0.2, 0) is 13.1 Å². The van der Waals surface area contributed by atoms with Crippen LogP contribution in [0, 0.1) is 11.8 Å². The quantitative estimate of drug-likeness (QED) is 0.805. The molecule has 2 N–H and O–H groups in total. The van der Waals surface area contributed by atoms with Crippen molar-refractivity contribution in [2.24, 2.45) is 11.8 Å². The number of benzene rings is 2. The van der Waals surface area contributed by atoms with Gasteiger partial charge in [-0.1, -0.05) is 74.5 Å². The van der Waals surface area contributed by atoms with Crippen LogP contribution in [0.15, 0.2) is 60.7 Å². The van der Waals surface area contributed by atoms with Crippen molar-refractivity contribution >= 4 is 0 Å². The summed E-state index contributed by atoms with van der Waals surface area (Å²) in [6, 6.07) is 20.9. The van der Waals surface area contributed by atoms with Crippen LogP contribution >= 0.6 is 0 Å². The highest BCUT2D eigenvalue weighted by atomic mass is 16.3. The van der Waals surface area contributed by atoms with Crippen molar-refractivity contribution < 1.29 is 10.2 Å². The van der Waals surface area contributed by atoms with E-state index in [0.717, 1.165) is 52.1 Å². The Kier molecular flexibility index (Phi) is 8.88. The lowest BCUT2D eigenvalue weighted by molar-refractivity contribution is 0.0406. The van der Waals surface area contributed by atoms with Gasteiger partial charge in [-0.2, -0.15) is 0 Å². The van der Waals surface area contributed by atoms with Crippen LogP contribution < -0.4 is 0 Å². The predicted molar refractivity (Wildman–Crippen MR) is 123 cm³/mol.